The van der Waals surface area contributed by atoms with Crippen LogP contribution in [0.25, 0.3) is 0 Å². The molecule has 2 atom stereocenters. The van der Waals surface area contributed by atoms with Gasteiger partial charge in [-0.3, -0.25) is 0 Å². The molecule has 0 aromatic carbocycles. The van der Waals surface area contributed by atoms with Crippen LogP contribution in [0.1, 0.15) is 6.92 Å². The lowest BCUT2D eigenvalue weighted by Gasteiger charge is -2.17. The van der Waals surface area contributed by atoms with Crippen LogP contribution in [-0.4, -0.2) is 34.8 Å². The zero-order valence-corrected chi connectivity index (χ0v) is 9.35. The van der Waals surface area contributed by atoms with Gasteiger partial charge < -0.3 is 10.0 Å². The van der Waals surface area contributed by atoms with Gasteiger partial charge in [-0.25, -0.2) is 9.97 Å². The summed E-state index contributed by atoms with van der Waals surface area (Å²) in [6.07, 6.45) is 3.22. The van der Waals surface area contributed by atoms with Crippen molar-refractivity contribution in [1.82, 2.24) is 9.97 Å². The number of nitrogens with zero attached hydrogens (tertiary/aromatic N) is 3. The van der Waals surface area contributed by atoms with E-state index in [2.05, 4.69) is 21.8 Å². The van der Waals surface area contributed by atoms with Crippen molar-refractivity contribution in [2.75, 3.05) is 24.6 Å². The zero-order valence-electron chi connectivity index (χ0n) is 8.60. The number of hydrogen-bond acceptors (Lipinski definition) is 4. The summed E-state index contributed by atoms with van der Waals surface area (Å²) in [6.45, 7) is 4.03. The van der Waals surface area contributed by atoms with E-state index >= 15 is 0 Å². The molecule has 0 bridgehead atoms. The quantitative estimate of drug-likeness (QED) is 0.825. The standard InChI is InChI=1S/C10H14ClN3O/c1-7-4-14(5-8(7)6-15)10-9(11)12-2-3-13-10/h2-3,7-8,15H,4-6H2,1H3/t7-,8+/m1/s1. The second kappa shape index (κ2) is 4.33. The Balaban J connectivity index is 2.17. The van der Waals surface area contributed by atoms with Crippen molar-refractivity contribution in [2.24, 2.45) is 11.8 Å². The average Bonchev–Trinajstić information content (AvgIpc) is 2.60. The number of rotatable bonds is 2. The Morgan fingerprint density at radius 2 is 2.20 bits per heavy atom. The summed E-state index contributed by atoms with van der Waals surface area (Å²) >= 11 is 5.97. The molecule has 1 fully saturated rings. The fraction of sp³-hybridized carbons (Fsp3) is 0.600. The summed E-state index contributed by atoms with van der Waals surface area (Å²) in [4.78, 5) is 10.3. The van der Waals surface area contributed by atoms with Crippen LogP contribution in [0.5, 0.6) is 0 Å². The molecule has 1 aliphatic heterocycles. The predicted octanol–water partition coefficient (Wildman–Crippen LogP) is 1.19. The van der Waals surface area contributed by atoms with Gasteiger partial charge in [0.1, 0.15) is 0 Å². The van der Waals surface area contributed by atoms with Crippen LogP contribution in [0.15, 0.2) is 12.4 Å². The first-order valence-electron chi connectivity index (χ1n) is 5.04. The molecular formula is C10H14ClN3O. The lowest BCUT2D eigenvalue weighted by atomic mass is 10.00. The van der Waals surface area contributed by atoms with Gasteiger partial charge in [-0.2, -0.15) is 0 Å². The molecule has 1 N–H and O–H groups in total. The monoisotopic (exact) mass is 227 g/mol. The summed E-state index contributed by atoms with van der Waals surface area (Å²) < 4.78 is 0. The molecule has 2 rings (SSSR count). The third-order valence-electron chi connectivity index (χ3n) is 2.94. The highest BCUT2D eigenvalue weighted by molar-refractivity contribution is 6.31. The van der Waals surface area contributed by atoms with E-state index in [0.717, 1.165) is 18.9 Å². The maximum atomic E-state index is 9.17. The molecule has 2 heterocycles. The van der Waals surface area contributed by atoms with Crippen molar-refractivity contribution in [3.05, 3.63) is 17.5 Å². The van der Waals surface area contributed by atoms with E-state index in [1.807, 2.05) is 0 Å². The minimum Gasteiger partial charge on any atom is -0.396 e. The Morgan fingerprint density at radius 1 is 1.47 bits per heavy atom. The summed E-state index contributed by atoms with van der Waals surface area (Å²) in [5.41, 5.74) is 0. The van der Waals surface area contributed by atoms with Crippen LogP contribution < -0.4 is 4.90 Å². The molecule has 82 valence electrons. The first-order valence-corrected chi connectivity index (χ1v) is 5.42. The van der Waals surface area contributed by atoms with E-state index in [4.69, 9.17) is 11.6 Å². The van der Waals surface area contributed by atoms with Crippen molar-refractivity contribution in [3.8, 4) is 0 Å². The summed E-state index contributed by atoms with van der Waals surface area (Å²) in [5.74, 6) is 1.50. The van der Waals surface area contributed by atoms with E-state index in [1.54, 1.807) is 12.4 Å². The SMILES string of the molecule is C[C@@H]1CN(c2nccnc2Cl)C[C@H]1CO. The highest BCUT2D eigenvalue weighted by atomic mass is 35.5. The number of aliphatic hydroxyl groups is 1. The largest absolute Gasteiger partial charge is 0.396 e. The average molecular weight is 228 g/mol. The molecule has 1 aliphatic rings. The fourth-order valence-corrected chi connectivity index (χ4v) is 2.20. The predicted molar refractivity (Wildman–Crippen MR) is 59.0 cm³/mol. The van der Waals surface area contributed by atoms with Crippen molar-refractivity contribution < 1.29 is 5.11 Å². The lowest BCUT2D eigenvalue weighted by Crippen LogP contribution is -2.22. The molecule has 1 saturated heterocycles. The van der Waals surface area contributed by atoms with E-state index in [-0.39, 0.29) is 6.61 Å². The number of aliphatic hydroxyl groups excluding tert-OH is 1. The number of hydrogen-bond donors (Lipinski definition) is 1. The van der Waals surface area contributed by atoms with Gasteiger partial charge in [-0.15, -0.1) is 0 Å². The maximum Gasteiger partial charge on any atom is 0.171 e. The highest BCUT2D eigenvalue weighted by Crippen LogP contribution is 2.29. The molecular weight excluding hydrogens is 214 g/mol. The molecule has 15 heavy (non-hydrogen) atoms. The molecule has 0 radical (unpaired) electrons. The van der Waals surface area contributed by atoms with Crippen molar-refractivity contribution in [2.45, 2.75) is 6.92 Å². The van der Waals surface area contributed by atoms with Gasteiger partial charge in [0.2, 0.25) is 0 Å². The normalized spacial score (nSPS) is 25.9. The van der Waals surface area contributed by atoms with Crippen LogP contribution in [0.4, 0.5) is 5.82 Å². The molecule has 0 unspecified atom stereocenters. The third kappa shape index (κ3) is 2.06. The summed E-state index contributed by atoms with van der Waals surface area (Å²) in [6, 6.07) is 0. The van der Waals surface area contributed by atoms with E-state index in [0.29, 0.717) is 17.0 Å². The Kier molecular flexibility index (Phi) is 3.07. The summed E-state index contributed by atoms with van der Waals surface area (Å²) in [5, 5.41) is 9.61. The number of anilines is 1. The van der Waals surface area contributed by atoms with E-state index in [1.165, 1.54) is 0 Å². The van der Waals surface area contributed by atoms with Crippen LogP contribution in [0.3, 0.4) is 0 Å². The lowest BCUT2D eigenvalue weighted by molar-refractivity contribution is 0.212. The number of halogens is 1. The van der Waals surface area contributed by atoms with Gasteiger partial charge in [0.15, 0.2) is 11.0 Å². The topological polar surface area (TPSA) is 49.2 Å². The Hall–Kier alpha value is -0.870. The summed E-state index contributed by atoms with van der Waals surface area (Å²) in [7, 11) is 0. The maximum absolute atomic E-state index is 9.17. The van der Waals surface area contributed by atoms with E-state index < -0.39 is 0 Å². The van der Waals surface area contributed by atoms with Crippen molar-refractivity contribution in [3.63, 3.8) is 0 Å². The molecule has 0 saturated carbocycles. The molecule has 0 aliphatic carbocycles. The minimum absolute atomic E-state index is 0.218. The van der Waals surface area contributed by atoms with Gasteiger partial charge in [-0.1, -0.05) is 18.5 Å². The van der Waals surface area contributed by atoms with Crippen LogP contribution in [-0.2, 0) is 0 Å². The second-order valence-corrected chi connectivity index (χ2v) is 4.35. The Bertz CT molecular complexity index is 347. The third-order valence-corrected chi connectivity index (χ3v) is 3.20. The Morgan fingerprint density at radius 3 is 2.80 bits per heavy atom. The molecule has 5 heteroatoms. The van der Waals surface area contributed by atoms with Crippen molar-refractivity contribution >= 4 is 17.4 Å². The highest BCUT2D eigenvalue weighted by Gasteiger charge is 2.30. The smallest absolute Gasteiger partial charge is 0.171 e. The van der Waals surface area contributed by atoms with E-state index in [9.17, 15) is 5.11 Å². The molecule has 1 aromatic rings. The molecule has 1 aromatic heterocycles. The molecule has 0 amide bonds. The van der Waals surface area contributed by atoms with Crippen LogP contribution in [0, 0.1) is 11.8 Å². The minimum atomic E-state index is 0.218. The van der Waals surface area contributed by atoms with Crippen molar-refractivity contribution in [1.29, 1.82) is 0 Å². The van der Waals surface area contributed by atoms with Gasteiger partial charge in [0.25, 0.3) is 0 Å². The zero-order chi connectivity index (χ0) is 10.8. The van der Waals surface area contributed by atoms with Crippen LogP contribution >= 0.6 is 11.6 Å². The van der Waals surface area contributed by atoms with Gasteiger partial charge >= 0.3 is 0 Å². The fourth-order valence-electron chi connectivity index (χ4n) is 1.97. The second-order valence-electron chi connectivity index (χ2n) is 4.00. The van der Waals surface area contributed by atoms with Crippen LogP contribution in [0.2, 0.25) is 5.15 Å². The molecule has 4 nitrogen and oxygen atoms in total. The first kappa shape index (κ1) is 10.6. The van der Waals surface area contributed by atoms with Gasteiger partial charge in [-0.05, 0) is 5.92 Å². The number of aromatic nitrogens is 2. The first-order chi connectivity index (χ1) is 7.22. The Labute approximate surface area is 93.9 Å². The van der Waals surface area contributed by atoms with Gasteiger partial charge in [0, 0.05) is 38.0 Å². The molecule has 0 spiro atoms. The van der Waals surface area contributed by atoms with Gasteiger partial charge in [0.05, 0.1) is 0 Å².